The van der Waals surface area contributed by atoms with Crippen molar-refractivity contribution in [3.8, 4) is 16.9 Å². The molecule has 0 aromatic heterocycles. The molecule has 0 radical (unpaired) electrons. The van der Waals surface area contributed by atoms with E-state index < -0.39 is 35.9 Å². The highest BCUT2D eigenvalue weighted by atomic mass is 19.4. The Balaban J connectivity index is 2.45. The molecule has 0 heterocycles. The summed E-state index contributed by atoms with van der Waals surface area (Å²) >= 11 is 0. The maximum atomic E-state index is 13.8. The minimum atomic E-state index is -4.89. The van der Waals surface area contributed by atoms with E-state index in [1.165, 1.54) is 12.1 Å². The van der Waals surface area contributed by atoms with E-state index >= 15 is 0 Å². The molecule has 0 bridgehead atoms. The van der Waals surface area contributed by atoms with Gasteiger partial charge in [-0.05, 0) is 35.4 Å². The van der Waals surface area contributed by atoms with Crippen LogP contribution in [0, 0.1) is 11.6 Å². The molecule has 2 aromatic carbocycles. The summed E-state index contributed by atoms with van der Waals surface area (Å²) in [4.78, 5) is 0. The van der Waals surface area contributed by atoms with Crippen LogP contribution in [0.3, 0.4) is 0 Å². The molecule has 0 aliphatic heterocycles. The van der Waals surface area contributed by atoms with E-state index in [2.05, 4.69) is 4.74 Å². The molecule has 0 fully saturated rings. The first-order valence-electron chi connectivity index (χ1n) is 5.75. The van der Waals surface area contributed by atoms with Crippen LogP contribution >= 0.6 is 0 Å². The zero-order valence-corrected chi connectivity index (χ0v) is 10.4. The van der Waals surface area contributed by atoms with Gasteiger partial charge < -0.3 is 9.84 Å². The van der Waals surface area contributed by atoms with Gasteiger partial charge in [0, 0.05) is 0 Å². The van der Waals surface area contributed by atoms with Crippen molar-refractivity contribution in [2.24, 2.45) is 0 Å². The first kappa shape index (κ1) is 15.2. The molecule has 0 aliphatic rings. The van der Waals surface area contributed by atoms with Crippen LogP contribution in [0.25, 0.3) is 11.1 Å². The first-order valence-corrected chi connectivity index (χ1v) is 5.75. The highest BCUT2D eigenvalue weighted by Crippen LogP contribution is 2.31. The van der Waals surface area contributed by atoms with Gasteiger partial charge in [-0.25, -0.2) is 8.78 Å². The second-order valence-electron chi connectivity index (χ2n) is 4.17. The van der Waals surface area contributed by atoms with E-state index in [0.717, 1.165) is 24.3 Å². The van der Waals surface area contributed by atoms with E-state index in [9.17, 15) is 22.0 Å². The monoisotopic (exact) mass is 304 g/mol. The highest BCUT2D eigenvalue weighted by molar-refractivity contribution is 5.66. The summed E-state index contributed by atoms with van der Waals surface area (Å²) in [6.45, 7) is -0.550. The minimum absolute atomic E-state index is 0.0245. The van der Waals surface area contributed by atoms with Crippen molar-refractivity contribution in [3.63, 3.8) is 0 Å². The van der Waals surface area contributed by atoms with E-state index in [1.54, 1.807) is 0 Å². The Labute approximate surface area is 116 Å². The molecule has 2 rings (SSSR count). The third kappa shape index (κ3) is 3.69. The summed E-state index contributed by atoms with van der Waals surface area (Å²) in [5, 5.41) is 8.84. The molecular weight excluding hydrogens is 295 g/mol. The van der Waals surface area contributed by atoms with Gasteiger partial charge in [-0.1, -0.05) is 12.1 Å². The van der Waals surface area contributed by atoms with Crippen LogP contribution in [0.1, 0.15) is 5.56 Å². The Morgan fingerprint density at radius 3 is 2.14 bits per heavy atom. The molecule has 2 aromatic rings. The molecule has 0 unspecified atom stereocenters. The van der Waals surface area contributed by atoms with Crippen LogP contribution < -0.4 is 4.74 Å². The Morgan fingerprint density at radius 1 is 1.00 bits per heavy atom. The lowest BCUT2D eigenvalue weighted by atomic mass is 10.0. The van der Waals surface area contributed by atoms with Crippen LogP contribution in [0.2, 0.25) is 0 Å². The first-order chi connectivity index (χ1) is 9.80. The van der Waals surface area contributed by atoms with E-state index in [1.807, 2.05) is 0 Å². The Kier molecular flexibility index (Phi) is 4.13. The number of hydrogen-bond donors (Lipinski definition) is 1. The zero-order chi connectivity index (χ0) is 15.6. The summed E-state index contributed by atoms with van der Waals surface area (Å²) in [6, 6.07) is 6.17. The van der Waals surface area contributed by atoms with Crippen molar-refractivity contribution in [3.05, 3.63) is 53.6 Å². The maximum absolute atomic E-state index is 13.8. The fourth-order valence-electron chi connectivity index (χ4n) is 1.84. The normalized spacial score (nSPS) is 11.5. The molecule has 1 N–H and O–H groups in total. The molecule has 7 heteroatoms. The maximum Gasteiger partial charge on any atom is 0.573 e. The molecule has 0 saturated heterocycles. The zero-order valence-electron chi connectivity index (χ0n) is 10.4. The van der Waals surface area contributed by atoms with Crippen molar-refractivity contribution in [2.75, 3.05) is 0 Å². The topological polar surface area (TPSA) is 29.5 Å². The number of aliphatic hydroxyl groups is 1. The number of rotatable bonds is 3. The van der Waals surface area contributed by atoms with Crippen LogP contribution in [0.15, 0.2) is 36.4 Å². The third-order valence-electron chi connectivity index (χ3n) is 2.64. The van der Waals surface area contributed by atoms with E-state index in [4.69, 9.17) is 5.11 Å². The van der Waals surface area contributed by atoms with Crippen LogP contribution in [0.5, 0.6) is 5.75 Å². The number of aliphatic hydroxyl groups excluding tert-OH is 1. The largest absolute Gasteiger partial charge is 0.573 e. The van der Waals surface area contributed by atoms with Gasteiger partial charge in [0.25, 0.3) is 0 Å². The second-order valence-corrected chi connectivity index (χ2v) is 4.17. The molecule has 0 atom stereocenters. The quantitative estimate of drug-likeness (QED) is 0.868. The Hall–Kier alpha value is -2.15. The highest BCUT2D eigenvalue weighted by Gasteiger charge is 2.31. The van der Waals surface area contributed by atoms with Crippen molar-refractivity contribution >= 4 is 0 Å². The molecular formula is C14H9F5O2. The van der Waals surface area contributed by atoms with Gasteiger partial charge in [0.15, 0.2) is 0 Å². The summed E-state index contributed by atoms with van der Waals surface area (Å²) in [5.74, 6) is -2.54. The summed E-state index contributed by atoms with van der Waals surface area (Å²) in [6.07, 6.45) is -4.89. The van der Waals surface area contributed by atoms with E-state index in [-0.39, 0.29) is 11.1 Å². The van der Waals surface area contributed by atoms with Crippen LogP contribution in [-0.4, -0.2) is 11.5 Å². The lowest BCUT2D eigenvalue weighted by Gasteiger charge is -2.11. The standard InChI is InChI=1S/C14H9F5O2/c15-11-4-8(7-20)5-12(16)13(11)9-2-1-3-10(6-9)21-14(17,18)19/h1-6,20H,7H2. The Morgan fingerprint density at radius 2 is 1.62 bits per heavy atom. The molecule has 112 valence electrons. The SMILES string of the molecule is OCc1cc(F)c(-c2cccc(OC(F)(F)F)c2)c(F)c1. The number of ether oxygens (including phenoxy) is 1. The molecule has 0 amide bonds. The molecule has 0 saturated carbocycles. The van der Waals surface area contributed by atoms with Crippen LogP contribution in [-0.2, 0) is 6.61 Å². The van der Waals surface area contributed by atoms with Crippen molar-refractivity contribution in [2.45, 2.75) is 13.0 Å². The smallest absolute Gasteiger partial charge is 0.406 e. The van der Waals surface area contributed by atoms with Gasteiger partial charge in [0.1, 0.15) is 17.4 Å². The molecule has 21 heavy (non-hydrogen) atoms. The Bertz CT molecular complexity index is 629. The third-order valence-corrected chi connectivity index (χ3v) is 2.64. The van der Waals surface area contributed by atoms with Crippen molar-refractivity contribution in [1.29, 1.82) is 0 Å². The van der Waals surface area contributed by atoms with Crippen molar-refractivity contribution < 1.29 is 31.8 Å². The van der Waals surface area contributed by atoms with Gasteiger partial charge in [-0.3, -0.25) is 0 Å². The van der Waals surface area contributed by atoms with Gasteiger partial charge in [0.2, 0.25) is 0 Å². The lowest BCUT2D eigenvalue weighted by molar-refractivity contribution is -0.274. The van der Waals surface area contributed by atoms with Crippen LogP contribution in [0.4, 0.5) is 22.0 Å². The number of benzene rings is 2. The average molecular weight is 304 g/mol. The summed E-state index contributed by atoms with van der Waals surface area (Å²) < 4.78 is 67.8. The molecule has 0 spiro atoms. The number of alkyl halides is 3. The van der Waals surface area contributed by atoms with Crippen molar-refractivity contribution in [1.82, 2.24) is 0 Å². The van der Waals surface area contributed by atoms with E-state index in [0.29, 0.717) is 0 Å². The summed E-state index contributed by atoms with van der Waals surface area (Å²) in [7, 11) is 0. The predicted octanol–water partition coefficient (Wildman–Crippen LogP) is 4.02. The second kappa shape index (κ2) is 5.69. The molecule has 0 aliphatic carbocycles. The average Bonchev–Trinajstić information content (AvgIpc) is 2.36. The fourth-order valence-corrected chi connectivity index (χ4v) is 1.84. The van der Waals surface area contributed by atoms with Gasteiger partial charge in [0.05, 0.1) is 12.2 Å². The predicted molar refractivity (Wildman–Crippen MR) is 64.4 cm³/mol. The number of halogens is 5. The number of hydrogen-bond acceptors (Lipinski definition) is 2. The minimum Gasteiger partial charge on any atom is -0.406 e. The van der Waals surface area contributed by atoms with Gasteiger partial charge in [-0.2, -0.15) is 0 Å². The molecule has 2 nitrogen and oxygen atoms in total. The van der Waals surface area contributed by atoms with Gasteiger partial charge >= 0.3 is 6.36 Å². The van der Waals surface area contributed by atoms with Gasteiger partial charge in [-0.15, -0.1) is 13.2 Å². The lowest BCUT2D eigenvalue weighted by Crippen LogP contribution is -2.17. The fraction of sp³-hybridized carbons (Fsp3) is 0.143. The summed E-state index contributed by atoms with van der Waals surface area (Å²) in [5.41, 5.74) is -0.562.